The van der Waals surface area contributed by atoms with Gasteiger partial charge in [-0.2, -0.15) is 0 Å². The highest BCUT2D eigenvalue weighted by Gasteiger charge is 2.19. The summed E-state index contributed by atoms with van der Waals surface area (Å²) in [4.78, 5) is 37.7. The molecule has 0 N–H and O–H groups in total. The van der Waals surface area contributed by atoms with Gasteiger partial charge in [0.05, 0.1) is 0 Å². The van der Waals surface area contributed by atoms with Gasteiger partial charge < -0.3 is 14.2 Å². The highest BCUT2D eigenvalue weighted by Crippen LogP contribution is 2.13. The summed E-state index contributed by atoms with van der Waals surface area (Å²) in [5.41, 5.74) is 0. The molecular formula is C49H86O6. The first-order valence-electron chi connectivity index (χ1n) is 23.1. The Hall–Kier alpha value is -2.63. The molecule has 0 radical (unpaired) electrons. The van der Waals surface area contributed by atoms with Gasteiger partial charge in [-0.05, 0) is 89.9 Å². The molecule has 0 spiro atoms. The Kier molecular flexibility index (Phi) is 42.0. The molecule has 0 saturated carbocycles. The smallest absolute Gasteiger partial charge is 0.306 e. The van der Waals surface area contributed by atoms with Crippen LogP contribution in [-0.4, -0.2) is 37.2 Å². The van der Waals surface area contributed by atoms with Crippen molar-refractivity contribution in [3.63, 3.8) is 0 Å². The first kappa shape index (κ1) is 52.4. The fourth-order valence-electron chi connectivity index (χ4n) is 6.20. The van der Waals surface area contributed by atoms with Crippen LogP contribution in [0.25, 0.3) is 0 Å². The van der Waals surface area contributed by atoms with E-state index in [4.69, 9.17) is 14.2 Å². The van der Waals surface area contributed by atoms with Crippen LogP contribution in [-0.2, 0) is 28.6 Å². The molecule has 0 saturated heterocycles. The molecule has 0 aromatic heterocycles. The van der Waals surface area contributed by atoms with Gasteiger partial charge in [0.25, 0.3) is 0 Å². The fraction of sp³-hybridized carbons (Fsp3) is 0.776. The van der Waals surface area contributed by atoms with E-state index in [1.165, 1.54) is 77.0 Å². The van der Waals surface area contributed by atoms with Crippen LogP contribution in [0.1, 0.15) is 226 Å². The molecular weight excluding hydrogens is 685 g/mol. The van der Waals surface area contributed by atoms with Crippen molar-refractivity contribution in [1.82, 2.24) is 0 Å². The Morgan fingerprint density at radius 3 is 1.07 bits per heavy atom. The number of hydrogen-bond acceptors (Lipinski definition) is 6. The van der Waals surface area contributed by atoms with Gasteiger partial charge >= 0.3 is 17.9 Å². The number of unbranched alkanes of at least 4 members (excludes halogenated alkanes) is 22. The molecule has 1 atom stereocenters. The van der Waals surface area contributed by atoms with Crippen LogP contribution in [0.2, 0.25) is 0 Å². The van der Waals surface area contributed by atoms with Crippen LogP contribution < -0.4 is 0 Å². The molecule has 0 bridgehead atoms. The first-order chi connectivity index (χ1) is 27.0. The monoisotopic (exact) mass is 771 g/mol. The zero-order valence-electron chi connectivity index (χ0n) is 36.2. The van der Waals surface area contributed by atoms with Crippen molar-refractivity contribution in [3.05, 3.63) is 48.6 Å². The van der Waals surface area contributed by atoms with E-state index in [0.29, 0.717) is 19.3 Å². The van der Waals surface area contributed by atoms with Gasteiger partial charge in [-0.3, -0.25) is 14.4 Å². The van der Waals surface area contributed by atoms with Crippen molar-refractivity contribution < 1.29 is 28.6 Å². The molecule has 0 aliphatic heterocycles. The maximum Gasteiger partial charge on any atom is 0.306 e. The van der Waals surface area contributed by atoms with E-state index in [1.54, 1.807) is 0 Å². The second-order valence-corrected chi connectivity index (χ2v) is 15.3. The van der Waals surface area contributed by atoms with Gasteiger partial charge in [-0.15, -0.1) is 0 Å². The molecule has 0 rings (SSSR count). The highest BCUT2D eigenvalue weighted by molar-refractivity contribution is 5.71. The molecule has 0 aromatic carbocycles. The minimum Gasteiger partial charge on any atom is -0.462 e. The summed E-state index contributed by atoms with van der Waals surface area (Å²) in [6.07, 6.45) is 50.9. The van der Waals surface area contributed by atoms with Gasteiger partial charge in [0.2, 0.25) is 0 Å². The normalized spacial score (nSPS) is 12.4. The van der Waals surface area contributed by atoms with Crippen LogP contribution in [0.15, 0.2) is 48.6 Å². The van der Waals surface area contributed by atoms with E-state index in [9.17, 15) is 14.4 Å². The van der Waals surface area contributed by atoms with E-state index >= 15 is 0 Å². The summed E-state index contributed by atoms with van der Waals surface area (Å²) in [5, 5.41) is 0. The minimum atomic E-state index is -0.782. The number of carbonyl (C=O) groups excluding carboxylic acids is 3. The Morgan fingerprint density at radius 1 is 0.364 bits per heavy atom. The number of allylic oxidation sites excluding steroid dienone is 8. The second-order valence-electron chi connectivity index (χ2n) is 15.3. The lowest BCUT2D eigenvalue weighted by atomic mass is 10.1. The number of ether oxygens (including phenoxy) is 3. The summed E-state index contributed by atoms with van der Waals surface area (Å²) < 4.78 is 16.7. The molecule has 55 heavy (non-hydrogen) atoms. The molecule has 0 heterocycles. The molecule has 1 unspecified atom stereocenters. The van der Waals surface area contributed by atoms with E-state index < -0.39 is 6.10 Å². The molecule has 6 heteroatoms. The third-order valence-electron chi connectivity index (χ3n) is 9.78. The van der Waals surface area contributed by atoms with Crippen LogP contribution in [0, 0.1) is 0 Å². The van der Waals surface area contributed by atoms with Crippen molar-refractivity contribution in [2.24, 2.45) is 0 Å². The Balaban J connectivity index is 4.34. The van der Waals surface area contributed by atoms with Gasteiger partial charge in [0, 0.05) is 19.3 Å². The van der Waals surface area contributed by atoms with E-state index in [-0.39, 0.29) is 31.1 Å². The fourth-order valence-corrected chi connectivity index (χ4v) is 6.20. The number of carbonyl (C=O) groups is 3. The van der Waals surface area contributed by atoms with E-state index in [1.807, 2.05) is 0 Å². The van der Waals surface area contributed by atoms with Crippen LogP contribution in [0.3, 0.4) is 0 Å². The summed E-state index contributed by atoms with van der Waals surface area (Å²) >= 11 is 0. The molecule has 0 fully saturated rings. The number of hydrogen-bond donors (Lipinski definition) is 0. The van der Waals surface area contributed by atoms with Crippen molar-refractivity contribution >= 4 is 17.9 Å². The lowest BCUT2D eigenvalue weighted by Crippen LogP contribution is -2.30. The molecule has 0 aromatic rings. The second kappa shape index (κ2) is 44.1. The largest absolute Gasteiger partial charge is 0.462 e. The lowest BCUT2D eigenvalue weighted by molar-refractivity contribution is -0.167. The third-order valence-corrected chi connectivity index (χ3v) is 9.78. The molecule has 318 valence electrons. The van der Waals surface area contributed by atoms with E-state index in [0.717, 1.165) is 109 Å². The predicted octanol–water partition coefficient (Wildman–Crippen LogP) is 14.8. The molecule has 6 nitrogen and oxygen atoms in total. The zero-order valence-corrected chi connectivity index (χ0v) is 36.2. The maximum absolute atomic E-state index is 12.7. The summed E-state index contributed by atoms with van der Waals surface area (Å²) in [5.74, 6) is -0.923. The van der Waals surface area contributed by atoms with Crippen LogP contribution in [0.4, 0.5) is 0 Å². The molecule has 0 amide bonds. The third kappa shape index (κ3) is 42.4. The Labute approximate surface area is 339 Å². The zero-order chi connectivity index (χ0) is 40.1. The van der Waals surface area contributed by atoms with E-state index in [2.05, 4.69) is 69.4 Å². The Morgan fingerprint density at radius 2 is 0.673 bits per heavy atom. The summed E-state index contributed by atoms with van der Waals surface area (Å²) in [6, 6.07) is 0. The Bertz CT molecular complexity index is 980. The maximum atomic E-state index is 12.7. The van der Waals surface area contributed by atoms with Gasteiger partial charge in [0.1, 0.15) is 13.2 Å². The average molecular weight is 771 g/mol. The SMILES string of the molecule is CCCC/C=C\CCCCCCC(=O)OCC(COC(=O)CCCCCCCCC/C=C\C/C=C\CCCCC)OC(=O)CCCCCC/C=C\CCCC. The van der Waals surface area contributed by atoms with Crippen LogP contribution >= 0.6 is 0 Å². The highest BCUT2D eigenvalue weighted by atomic mass is 16.6. The minimum absolute atomic E-state index is 0.0856. The number of rotatable bonds is 41. The predicted molar refractivity (Wildman–Crippen MR) is 233 cm³/mol. The summed E-state index contributed by atoms with van der Waals surface area (Å²) in [6.45, 7) is 6.49. The lowest BCUT2D eigenvalue weighted by Gasteiger charge is -2.18. The number of esters is 3. The molecule has 0 aliphatic carbocycles. The van der Waals surface area contributed by atoms with Gasteiger partial charge in [-0.25, -0.2) is 0 Å². The van der Waals surface area contributed by atoms with Crippen LogP contribution in [0.5, 0.6) is 0 Å². The topological polar surface area (TPSA) is 78.9 Å². The average Bonchev–Trinajstić information content (AvgIpc) is 3.18. The van der Waals surface area contributed by atoms with Crippen molar-refractivity contribution in [1.29, 1.82) is 0 Å². The van der Waals surface area contributed by atoms with Gasteiger partial charge in [0.15, 0.2) is 6.10 Å². The molecule has 0 aliphatic rings. The quantitative estimate of drug-likeness (QED) is 0.0267. The standard InChI is InChI=1S/C49H86O6/c1-4-7-10-13-16-19-22-23-24-25-26-27-28-31-33-36-39-42-48(51)54-45-46(55-49(52)43-40-37-34-30-21-18-15-12-9-6-3)44-53-47(50)41-38-35-32-29-20-17-14-11-8-5-2/h14-19,23-24,46H,4-13,20-22,25-45H2,1-3H3/b17-14-,18-15-,19-16-,24-23-. The van der Waals surface area contributed by atoms with Gasteiger partial charge in [-0.1, -0.05) is 166 Å². The van der Waals surface area contributed by atoms with Crippen molar-refractivity contribution in [2.45, 2.75) is 232 Å². The van der Waals surface area contributed by atoms with Crippen molar-refractivity contribution in [3.8, 4) is 0 Å². The van der Waals surface area contributed by atoms with Crippen molar-refractivity contribution in [2.75, 3.05) is 13.2 Å². The first-order valence-corrected chi connectivity index (χ1v) is 23.1. The summed E-state index contributed by atoms with van der Waals surface area (Å²) in [7, 11) is 0.